The van der Waals surface area contributed by atoms with E-state index < -0.39 is 0 Å². The zero-order valence-corrected chi connectivity index (χ0v) is 17.2. The Morgan fingerprint density at radius 1 is 1.19 bits per heavy atom. The average Bonchev–Trinajstić information content (AvgIpc) is 2.63. The predicted octanol–water partition coefficient (Wildman–Crippen LogP) is 4.13. The minimum atomic E-state index is 0.416. The summed E-state index contributed by atoms with van der Waals surface area (Å²) in [5.41, 5.74) is 7.93. The van der Waals surface area contributed by atoms with Gasteiger partial charge in [-0.05, 0) is 24.3 Å². The molecule has 0 bridgehead atoms. The van der Waals surface area contributed by atoms with Gasteiger partial charge in [0.05, 0.1) is 19.8 Å². The first-order chi connectivity index (χ1) is 12.7. The van der Waals surface area contributed by atoms with Gasteiger partial charge in [-0.3, -0.25) is 4.99 Å². The number of rotatable bonds is 10. The summed E-state index contributed by atoms with van der Waals surface area (Å²) in [5, 5.41) is 3.13. The number of ether oxygens (including phenoxy) is 2. The van der Waals surface area contributed by atoms with Gasteiger partial charge in [0, 0.05) is 34.3 Å². The largest absolute Gasteiger partial charge is 0.493 e. The summed E-state index contributed by atoms with van der Waals surface area (Å²) in [6, 6.07) is 15.7. The van der Waals surface area contributed by atoms with Gasteiger partial charge in [-0.25, -0.2) is 0 Å². The molecule has 0 aliphatic carbocycles. The molecular weight excluding hydrogens is 414 g/mol. The second-order valence-corrected chi connectivity index (χ2v) is 7.54. The van der Waals surface area contributed by atoms with Gasteiger partial charge in [-0.1, -0.05) is 40.2 Å². The van der Waals surface area contributed by atoms with E-state index in [0.29, 0.717) is 25.7 Å². The van der Waals surface area contributed by atoms with E-state index in [4.69, 9.17) is 15.2 Å². The molecule has 0 spiro atoms. The number of aliphatic imine (C=N–C) groups is 1. The van der Waals surface area contributed by atoms with Crippen molar-refractivity contribution in [1.82, 2.24) is 0 Å². The molecule has 0 radical (unpaired) electrons. The Bertz CT molecular complexity index is 713. The van der Waals surface area contributed by atoms with Gasteiger partial charge >= 0.3 is 0 Å². The van der Waals surface area contributed by atoms with Gasteiger partial charge in [0.25, 0.3) is 0 Å². The lowest BCUT2D eigenvalue weighted by Crippen LogP contribution is -2.23. The number of nitrogens with zero attached hydrogens (tertiary/aromatic N) is 1. The Hall–Kier alpha value is -1.70. The summed E-state index contributed by atoms with van der Waals surface area (Å²) in [7, 11) is 1.67. The van der Waals surface area contributed by atoms with Gasteiger partial charge in [0.2, 0.25) is 0 Å². The molecule has 5 nitrogen and oxygen atoms in total. The topological polar surface area (TPSA) is 68.9 Å². The summed E-state index contributed by atoms with van der Waals surface area (Å²) in [5.74, 6) is 3.09. The molecule has 26 heavy (non-hydrogen) atoms. The number of hydrogen-bond acceptors (Lipinski definition) is 4. The zero-order valence-electron chi connectivity index (χ0n) is 14.8. The van der Waals surface area contributed by atoms with Crippen molar-refractivity contribution >= 4 is 39.3 Å². The van der Waals surface area contributed by atoms with Crippen LogP contribution in [0.25, 0.3) is 0 Å². The minimum absolute atomic E-state index is 0.416. The van der Waals surface area contributed by atoms with E-state index in [0.717, 1.165) is 33.0 Å². The van der Waals surface area contributed by atoms with Crippen molar-refractivity contribution in [3.05, 3.63) is 58.6 Å². The van der Waals surface area contributed by atoms with Gasteiger partial charge in [0.15, 0.2) is 5.96 Å². The standard InChI is InChI=1S/C19H24BrN3O2S/c1-24-14-15-5-2-3-8-18(15)23-19(21)22-9-11-26-12-10-25-17-7-4-6-16(20)13-17/h2-8,13H,9-12,14H2,1H3,(H3,21,22,23). The van der Waals surface area contributed by atoms with Crippen molar-refractivity contribution in [2.45, 2.75) is 6.61 Å². The van der Waals surface area contributed by atoms with Crippen LogP contribution in [0, 0.1) is 0 Å². The summed E-state index contributed by atoms with van der Waals surface area (Å²) in [4.78, 5) is 4.36. The first-order valence-electron chi connectivity index (χ1n) is 8.29. The average molecular weight is 438 g/mol. The van der Waals surface area contributed by atoms with E-state index in [1.165, 1.54) is 0 Å². The molecule has 0 unspecified atom stereocenters. The minimum Gasteiger partial charge on any atom is -0.493 e. The number of para-hydroxylation sites is 1. The summed E-state index contributed by atoms with van der Waals surface area (Å²) in [6.07, 6.45) is 0. The van der Waals surface area contributed by atoms with Crippen LogP contribution in [0.2, 0.25) is 0 Å². The maximum absolute atomic E-state index is 5.96. The van der Waals surface area contributed by atoms with E-state index in [-0.39, 0.29) is 0 Å². The normalized spacial score (nSPS) is 11.4. The molecule has 0 fully saturated rings. The smallest absolute Gasteiger partial charge is 0.193 e. The molecule has 0 heterocycles. The predicted molar refractivity (Wildman–Crippen MR) is 114 cm³/mol. The van der Waals surface area contributed by atoms with Crippen LogP contribution < -0.4 is 15.8 Å². The van der Waals surface area contributed by atoms with E-state index in [1.54, 1.807) is 18.9 Å². The third-order valence-electron chi connectivity index (χ3n) is 3.39. The van der Waals surface area contributed by atoms with Crippen LogP contribution in [-0.4, -0.2) is 37.7 Å². The fourth-order valence-electron chi connectivity index (χ4n) is 2.21. The third-order valence-corrected chi connectivity index (χ3v) is 4.81. The molecule has 0 aliphatic heterocycles. The van der Waals surface area contributed by atoms with Crippen LogP contribution in [0.1, 0.15) is 5.56 Å². The number of nitrogens with one attached hydrogen (secondary N) is 1. The molecule has 7 heteroatoms. The first-order valence-corrected chi connectivity index (χ1v) is 10.2. The molecule has 0 aliphatic rings. The molecule has 2 aromatic carbocycles. The number of nitrogens with two attached hydrogens (primary N) is 1. The number of hydrogen-bond donors (Lipinski definition) is 2. The maximum atomic E-state index is 5.96. The van der Waals surface area contributed by atoms with Crippen molar-refractivity contribution < 1.29 is 9.47 Å². The highest BCUT2D eigenvalue weighted by Crippen LogP contribution is 2.18. The number of guanidine groups is 1. The van der Waals surface area contributed by atoms with Crippen molar-refractivity contribution in [3.8, 4) is 5.75 Å². The lowest BCUT2D eigenvalue weighted by atomic mass is 10.2. The summed E-state index contributed by atoms with van der Waals surface area (Å²) in [6.45, 7) is 1.86. The molecule has 0 saturated carbocycles. The Morgan fingerprint density at radius 2 is 2.04 bits per heavy atom. The van der Waals surface area contributed by atoms with Crippen LogP contribution in [-0.2, 0) is 11.3 Å². The van der Waals surface area contributed by atoms with Crippen molar-refractivity contribution in [3.63, 3.8) is 0 Å². The Kier molecular flexibility index (Phi) is 9.38. The van der Waals surface area contributed by atoms with Gasteiger partial charge in [-0.15, -0.1) is 0 Å². The van der Waals surface area contributed by atoms with Crippen LogP contribution in [0.4, 0.5) is 5.69 Å². The number of halogens is 1. The second-order valence-electron chi connectivity index (χ2n) is 5.40. The summed E-state index contributed by atoms with van der Waals surface area (Å²) < 4.78 is 11.9. The fraction of sp³-hybridized carbons (Fsp3) is 0.316. The molecule has 0 amide bonds. The Labute approximate surface area is 167 Å². The lowest BCUT2D eigenvalue weighted by molar-refractivity contribution is 0.185. The van der Waals surface area contributed by atoms with E-state index >= 15 is 0 Å². The highest BCUT2D eigenvalue weighted by Gasteiger charge is 2.02. The Balaban J connectivity index is 1.64. The van der Waals surface area contributed by atoms with E-state index in [2.05, 4.69) is 26.2 Å². The second kappa shape index (κ2) is 11.8. The highest BCUT2D eigenvalue weighted by atomic mass is 79.9. The summed E-state index contributed by atoms with van der Waals surface area (Å²) >= 11 is 5.22. The quantitative estimate of drug-likeness (QED) is 0.332. The van der Waals surface area contributed by atoms with E-state index in [9.17, 15) is 0 Å². The van der Waals surface area contributed by atoms with Crippen LogP contribution >= 0.6 is 27.7 Å². The molecule has 2 rings (SSSR count). The molecular formula is C19H24BrN3O2S. The number of methoxy groups -OCH3 is 1. The molecule has 140 valence electrons. The molecule has 0 atom stereocenters. The monoisotopic (exact) mass is 437 g/mol. The van der Waals surface area contributed by atoms with Crippen molar-refractivity contribution in [1.29, 1.82) is 0 Å². The highest BCUT2D eigenvalue weighted by molar-refractivity contribution is 9.10. The van der Waals surface area contributed by atoms with Crippen molar-refractivity contribution in [2.75, 3.05) is 37.1 Å². The molecule has 0 saturated heterocycles. The molecule has 2 aromatic rings. The maximum Gasteiger partial charge on any atom is 0.193 e. The van der Waals surface area contributed by atoms with Crippen molar-refractivity contribution in [2.24, 2.45) is 10.7 Å². The van der Waals surface area contributed by atoms with Crippen LogP contribution in [0.5, 0.6) is 5.75 Å². The fourth-order valence-corrected chi connectivity index (χ4v) is 3.21. The Morgan fingerprint density at radius 3 is 2.85 bits per heavy atom. The molecule has 3 N–H and O–H groups in total. The SMILES string of the molecule is COCc1ccccc1NC(N)=NCCSCCOc1cccc(Br)c1. The first kappa shape index (κ1) is 20.6. The van der Waals surface area contributed by atoms with Crippen LogP contribution in [0.15, 0.2) is 58.0 Å². The molecule has 0 aromatic heterocycles. The zero-order chi connectivity index (χ0) is 18.6. The number of anilines is 1. The van der Waals surface area contributed by atoms with Gasteiger partial charge in [-0.2, -0.15) is 11.8 Å². The van der Waals surface area contributed by atoms with Gasteiger partial charge in [0.1, 0.15) is 5.75 Å². The van der Waals surface area contributed by atoms with Gasteiger partial charge < -0.3 is 20.5 Å². The number of thioether (sulfide) groups is 1. The third kappa shape index (κ3) is 7.68. The van der Waals surface area contributed by atoms with E-state index in [1.807, 2.05) is 48.5 Å². The lowest BCUT2D eigenvalue weighted by Gasteiger charge is -2.10. The van der Waals surface area contributed by atoms with Crippen LogP contribution in [0.3, 0.4) is 0 Å². The number of benzene rings is 2.